The van der Waals surface area contributed by atoms with E-state index in [0.29, 0.717) is 6.42 Å². The standard InChI is InChI=1S/C13H15ClOS/c1-9-2-4-10(5-3-9)12(15)8-11-6-7-13(14)16-11/h4,6-7,9H,2-3,5,8H2,1H3. The van der Waals surface area contributed by atoms with Crippen LogP contribution < -0.4 is 0 Å². The third-order valence-electron chi connectivity index (χ3n) is 2.99. The molecule has 1 aliphatic rings. The summed E-state index contributed by atoms with van der Waals surface area (Å²) in [5, 5.41) is 0. The first-order chi connectivity index (χ1) is 7.65. The van der Waals surface area contributed by atoms with Crippen molar-refractivity contribution in [1.82, 2.24) is 0 Å². The summed E-state index contributed by atoms with van der Waals surface area (Å²) in [5.74, 6) is 0.998. The molecule has 0 radical (unpaired) electrons. The Morgan fingerprint density at radius 2 is 2.38 bits per heavy atom. The highest BCUT2D eigenvalue weighted by atomic mass is 35.5. The fourth-order valence-corrected chi connectivity index (χ4v) is 3.02. The zero-order chi connectivity index (χ0) is 11.5. The quantitative estimate of drug-likeness (QED) is 0.788. The van der Waals surface area contributed by atoms with E-state index in [0.717, 1.165) is 40.0 Å². The van der Waals surface area contributed by atoms with Crippen LogP contribution in [0.15, 0.2) is 23.8 Å². The van der Waals surface area contributed by atoms with Gasteiger partial charge in [0.25, 0.3) is 0 Å². The summed E-state index contributed by atoms with van der Waals surface area (Å²) >= 11 is 7.34. The van der Waals surface area contributed by atoms with E-state index in [9.17, 15) is 4.79 Å². The Labute approximate surface area is 105 Å². The summed E-state index contributed by atoms with van der Waals surface area (Å²) in [6.07, 6.45) is 5.76. The van der Waals surface area contributed by atoms with Crippen molar-refractivity contribution in [1.29, 1.82) is 0 Å². The van der Waals surface area contributed by atoms with Crippen molar-refractivity contribution in [2.75, 3.05) is 0 Å². The fourth-order valence-electron chi connectivity index (χ4n) is 1.94. The van der Waals surface area contributed by atoms with Gasteiger partial charge in [0.05, 0.1) is 4.34 Å². The molecule has 0 saturated heterocycles. The molecule has 0 fully saturated rings. The Morgan fingerprint density at radius 3 is 2.94 bits per heavy atom. The predicted molar refractivity (Wildman–Crippen MR) is 69.1 cm³/mol. The van der Waals surface area contributed by atoms with Gasteiger partial charge in [-0.1, -0.05) is 24.6 Å². The Hall–Kier alpha value is -0.600. The topological polar surface area (TPSA) is 17.1 Å². The monoisotopic (exact) mass is 254 g/mol. The van der Waals surface area contributed by atoms with Gasteiger partial charge in [0.2, 0.25) is 0 Å². The molecular formula is C13H15ClOS. The molecular weight excluding hydrogens is 240 g/mol. The highest BCUT2D eigenvalue weighted by Gasteiger charge is 2.16. The molecule has 0 amide bonds. The number of allylic oxidation sites excluding steroid dienone is 2. The molecule has 0 aromatic carbocycles. The number of ketones is 1. The second kappa shape index (κ2) is 5.15. The summed E-state index contributed by atoms with van der Waals surface area (Å²) in [5.41, 5.74) is 1.02. The van der Waals surface area contributed by atoms with Gasteiger partial charge in [-0.25, -0.2) is 0 Å². The van der Waals surface area contributed by atoms with Crippen molar-refractivity contribution in [2.45, 2.75) is 32.6 Å². The highest BCUT2D eigenvalue weighted by Crippen LogP contribution is 2.26. The number of hydrogen-bond donors (Lipinski definition) is 0. The Balaban J connectivity index is 1.98. The lowest BCUT2D eigenvalue weighted by Crippen LogP contribution is -2.11. The maximum atomic E-state index is 12.0. The number of Topliss-reactive ketones (excluding diaryl/α,β-unsaturated/α-hetero) is 1. The number of hydrogen-bond acceptors (Lipinski definition) is 2. The minimum absolute atomic E-state index is 0.269. The molecule has 1 atom stereocenters. The van der Waals surface area contributed by atoms with Crippen molar-refractivity contribution in [2.24, 2.45) is 5.92 Å². The van der Waals surface area contributed by atoms with Gasteiger partial charge in [0.1, 0.15) is 0 Å². The second-order valence-electron chi connectivity index (χ2n) is 4.41. The summed E-state index contributed by atoms with van der Waals surface area (Å²) < 4.78 is 0.758. The van der Waals surface area contributed by atoms with Crippen LogP contribution in [-0.2, 0) is 11.2 Å². The van der Waals surface area contributed by atoms with E-state index in [1.165, 1.54) is 11.3 Å². The third-order valence-corrected chi connectivity index (χ3v) is 4.23. The van der Waals surface area contributed by atoms with Crippen molar-refractivity contribution in [3.05, 3.63) is 33.0 Å². The molecule has 1 heterocycles. The number of rotatable bonds is 3. The zero-order valence-corrected chi connectivity index (χ0v) is 10.9. The van der Waals surface area contributed by atoms with E-state index in [2.05, 4.69) is 13.0 Å². The van der Waals surface area contributed by atoms with Crippen molar-refractivity contribution in [3.8, 4) is 0 Å². The molecule has 3 heteroatoms. The van der Waals surface area contributed by atoms with Crippen molar-refractivity contribution >= 4 is 28.7 Å². The molecule has 0 aliphatic heterocycles. The lowest BCUT2D eigenvalue weighted by Gasteiger charge is -2.16. The van der Waals surface area contributed by atoms with Gasteiger partial charge in [-0.3, -0.25) is 4.79 Å². The first kappa shape index (κ1) is 11.9. The van der Waals surface area contributed by atoms with Crippen LogP contribution in [0.5, 0.6) is 0 Å². The van der Waals surface area contributed by atoms with E-state index in [4.69, 9.17) is 11.6 Å². The lowest BCUT2D eigenvalue weighted by molar-refractivity contribution is -0.115. The van der Waals surface area contributed by atoms with Crippen LogP contribution in [0.4, 0.5) is 0 Å². The van der Waals surface area contributed by atoms with Crippen LogP contribution >= 0.6 is 22.9 Å². The highest BCUT2D eigenvalue weighted by molar-refractivity contribution is 7.16. The normalized spacial score (nSPS) is 20.6. The maximum Gasteiger partial charge on any atom is 0.163 e. The Morgan fingerprint density at radius 1 is 1.56 bits per heavy atom. The van der Waals surface area contributed by atoms with E-state index in [1.54, 1.807) is 0 Å². The van der Waals surface area contributed by atoms with Gasteiger partial charge in [-0.05, 0) is 42.9 Å². The van der Waals surface area contributed by atoms with Crippen LogP contribution in [-0.4, -0.2) is 5.78 Å². The van der Waals surface area contributed by atoms with E-state index in [-0.39, 0.29) is 5.78 Å². The average Bonchev–Trinajstić information content (AvgIpc) is 2.65. The van der Waals surface area contributed by atoms with Gasteiger partial charge in [-0.2, -0.15) is 0 Å². The van der Waals surface area contributed by atoms with Gasteiger partial charge in [-0.15, -0.1) is 11.3 Å². The molecule has 1 aliphatic carbocycles. The Kier molecular flexibility index (Phi) is 3.82. The van der Waals surface area contributed by atoms with Gasteiger partial charge >= 0.3 is 0 Å². The summed E-state index contributed by atoms with van der Waals surface area (Å²) in [6, 6.07) is 3.79. The molecule has 0 saturated carbocycles. The number of carbonyl (C=O) groups is 1. The second-order valence-corrected chi connectivity index (χ2v) is 6.21. The molecule has 0 spiro atoms. The summed E-state index contributed by atoms with van der Waals surface area (Å²) in [7, 11) is 0. The first-order valence-corrected chi connectivity index (χ1v) is 6.81. The molecule has 86 valence electrons. The SMILES string of the molecule is CC1CC=C(C(=O)Cc2ccc(Cl)s2)CC1. The molecule has 1 nitrogen and oxygen atoms in total. The van der Waals surface area contributed by atoms with E-state index < -0.39 is 0 Å². The van der Waals surface area contributed by atoms with Crippen LogP contribution in [0.1, 0.15) is 31.1 Å². The van der Waals surface area contributed by atoms with Gasteiger partial charge < -0.3 is 0 Å². The van der Waals surface area contributed by atoms with E-state index in [1.807, 2.05) is 12.1 Å². The van der Waals surface area contributed by atoms with Crippen LogP contribution in [0, 0.1) is 5.92 Å². The minimum Gasteiger partial charge on any atom is -0.294 e. The van der Waals surface area contributed by atoms with Crippen LogP contribution in [0.3, 0.4) is 0 Å². The molecule has 1 aromatic rings. The van der Waals surface area contributed by atoms with Gasteiger partial charge in [0.15, 0.2) is 5.78 Å². The fraction of sp³-hybridized carbons (Fsp3) is 0.462. The maximum absolute atomic E-state index is 12.0. The molecule has 1 aromatic heterocycles. The van der Waals surface area contributed by atoms with Crippen LogP contribution in [0.25, 0.3) is 0 Å². The third kappa shape index (κ3) is 2.96. The lowest BCUT2D eigenvalue weighted by atomic mass is 9.88. The summed E-state index contributed by atoms with van der Waals surface area (Å²) in [6.45, 7) is 2.23. The first-order valence-electron chi connectivity index (χ1n) is 5.61. The molecule has 0 bridgehead atoms. The molecule has 1 unspecified atom stereocenters. The zero-order valence-electron chi connectivity index (χ0n) is 9.33. The smallest absolute Gasteiger partial charge is 0.163 e. The van der Waals surface area contributed by atoms with Crippen molar-refractivity contribution in [3.63, 3.8) is 0 Å². The van der Waals surface area contributed by atoms with E-state index >= 15 is 0 Å². The predicted octanol–water partition coefficient (Wildman–Crippen LogP) is 4.26. The number of carbonyl (C=O) groups excluding carboxylic acids is 1. The van der Waals surface area contributed by atoms with Crippen LogP contribution in [0.2, 0.25) is 4.34 Å². The molecule has 0 N–H and O–H groups in total. The number of thiophene rings is 1. The Bertz CT molecular complexity index is 419. The minimum atomic E-state index is 0.269. The van der Waals surface area contributed by atoms with Gasteiger partial charge in [0, 0.05) is 11.3 Å². The molecule has 2 rings (SSSR count). The number of halogens is 1. The molecule has 16 heavy (non-hydrogen) atoms. The average molecular weight is 255 g/mol. The van der Waals surface area contributed by atoms with Crippen molar-refractivity contribution < 1.29 is 4.79 Å². The summed E-state index contributed by atoms with van der Waals surface area (Å²) in [4.78, 5) is 13.0. The largest absolute Gasteiger partial charge is 0.294 e.